The largest absolute Gasteiger partial charge is 0.314 e. The molecule has 1 fully saturated rings. The Morgan fingerprint density at radius 3 is 3.00 bits per heavy atom. The maximum absolute atomic E-state index is 12.9. The highest BCUT2D eigenvalue weighted by Crippen LogP contribution is 2.66. The molecule has 4 nitrogen and oxygen atoms in total. The Morgan fingerprint density at radius 2 is 2.13 bits per heavy atom. The second-order valence-electron chi connectivity index (χ2n) is 6.42. The molecule has 2 aliphatic rings. The summed E-state index contributed by atoms with van der Waals surface area (Å²) in [6, 6.07) is 14.5. The van der Waals surface area contributed by atoms with Crippen LogP contribution in [0.25, 0.3) is 10.9 Å². The minimum absolute atomic E-state index is 0.223. The summed E-state index contributed by atoms with van der Waals surface area (Å²) in [6.45, 7) is 0. The molecule has 1 aliphatic carbocycles. The Labute approximate surface area is 147 Å². The lowest BCUT2D eigenvalue weighted by Crippen LogP contribution is -2.29. The van der Waals surface area contributed by atoms with E-state index in [4.69, 9.17) is 0 Å². The maximum atomic E-state index is 12.9. The Morgan fingerprint density at radius 1 is 1.30 bits per heavy atom. The van der Waals surface area contributed by atoms with Gasteiger partial charge in [-0.2, -0.15) is 5.10 Å². The maximum Gasteiger partial charge on any atom is 0.238 e. The SMILES string of the molecule is CN1C(=O)[C@@]2(CC2c2ccc3c(I)[nH]nc3c2)c2ccccc21. The molecular formula is C18H14IN3O. The second-order valence-corrected chi connectivity index (χ2v) is 7.50. The smallest absolute Gasteiger partial charge is 0.238 e. The lowest BCUT2D eigenvalue weighted by Gasteiger charge is -2.11. The molecule has 3 aromatic rings. The highest BCUT2D eigenvalue weighted by molar-refractivity contribution is 14.1. The zero-order chi connectivity index (χ0) is 15.8. The Hall–Kier alpha value is -1.89. The lowest BCUT2D eigenvalue weighted by molar-refractivity contribution is -0.120. The molecule has 2 heterocycles. The van der Waals surface area contributed by atoms with Crippen LogP contribution in [0.2, 0.25) is 0 Å². The van der Waals surface area contributed by atoms with Crippen LogP contribution in [0.3, 0.4) is 0 Å². The zero-order valence-corrected chi connectivity index (χ0v) is 14.7. The Kier molecular flexibility index (Phi) is 2.56. The third-order valence-electron chi connectivity index (χ3n) is 5.33. The zero-order valence-electron chi connectivity index (χ0n) is 12.5. The fraction of sp³-hybridized carbons (Fsp3) is 0.222. The molecule has 5 heteroatoms. The van der Waals surface area contributed by atoms with Crippen molar-refractivity contribution in [2.24, 2.45) is 0 Å². The summed E-state index contributed by atoms with van der Waals surface area (Å²) >= 11 is 2.26. The van der Waals surface area contributed by atoms with Gasteiger partial charge in [0.05, 0.1) is 10.9 Å². The van der Waals surface area contributed by atoms with Crippen molar-refractivity contribution < 1.29 is 4.79 Å². The number of benzene rings is 2. The van der Waals surface area contributed by atoms with Crippen LogP contribution in [0.15, 0.2) is 42.5 Å². The van der Waals surface area contributed by atoms with Crippen molar-refractivity contribution in [3.8, 4) is 0 Å². The summed E-state index contributed by atoms with van der Waals surface area (Å²) in [4.78, 5) is 14.7. The van der Waals surface area contributed by atoms with Crippen LogP contribution < -0.4 is 4.90 Å². The highest BCUT2D eigenvalue weighted by Gasteiger charge is 2.66. The van der Waals surface area contributed by atoms with Crippen molar-refractivity contribution in [2.45, 2.75) is 17.8 Å². The van der Waals surface area contributed by atoms with E-state index in [0.717, 1.165) is 26.7 Å². The molecule has 1 N–H and O–H groups in total. The van der Waals surface area contributed by atoms with E-state index in [1.165, 1.54) is 11.1 Å². The molecule has 1 aliphatic heterocycles. The fourth-order valence-corrected chi connectivity index (χ4v) is 4.66. The van der Waals surface area contributed by atoms with E-state index in [1.807, 2.05) is 30.1 Å². The van der Waals surface area contributed by atoms with Crippen molar-refractivity contribution in [1.82, 2.24) is 10.2 Å². The third kappa shape index (κ3) is 1.60. The van der Waals surface area contributed by atoms with Crippen LogP contribution >= 0.6 is 22.6 Å². The van der Waals surface area contributed by atoms with E-state index in [1.54, 1.807) is 0 Å². The first-order valence-corrected chi connectivity index (χ1v) is 8.72. The van der Waals surface area contributed by atoms with Gasteiger partial charge in [0.25, 0.3) is 0 Å². The molecule has 2 aromatic carbocycles. The van der Waals surface area contributed by atoms with E-state index in [2.05, 4.69) is 57.1 Å². The number of nitrogens with zero attached hydrogens (tertiary/aromatic N) is 2. The molecule has 23 heavy (non-hydrogen) atoms. The first kappa shape index (κ1) is 13.5. The van der Waals surface area contributed by atoms with Crippen molar-refractivity contribution in [1.29, 1.82) is 0 Å². The van der Waals surface area contributed by atoms with Gasteiger partial charge in [-0.05, 0) is 58.3 Å². The Balaban J connectivity index is 1.63. The number of para-hydroxylation sites is 1. The summed E-state index contributed by atoms with van der Waals surface area (Å²) < 4.78 is 1.05. The van der Waals surface area contributed by atoms with Crippen LogP contribution in [-0.4, -0.2) is 23.2 Å². The number of hydrogen-bond acceptors (Lipinski definition) is 2. The fourth-order valence-electron chi connectivity index (χ4n) is 4.08. The predicted molar refractivity (Wildman–Crippen MR) is 97.7 cm³/mol. The van der Waals surface area contributed by atoms with Gasteiger partial charge < -0.3 is 4.90 Å². The number of fused-ring (bicyclic) bond motifs is 3. The van der Waals surface area contributed by atoms with E-state index < -0.39 is 0 Å². The lowest BCUT2D eigenvalue weighted by atomic mass is 9.92. The molecule has 1 amide bonds. The summed E-state index contributed by atoms with van der Waals surface area (Å²) in [5.74, 6) is 0.472. The van der Waals surface area contributed by atoms with Gasteiger partial charge >= 0.3 is 0 Å². The molecule has 0 saturated heterocycles. The number of amides is 1. The summed E-state index contributed by atoms with van der Waals surface area (Å²) in [7, 11) is 1.88. The average Bonchev–Trinajstić information content (AvgIpc) is 3.19. The van der Waals surface area contributed by atoms with Gasteiger partial charge in [-0.15, -0.1) is 0 Å². The number of hydrogen-bond donors (Lipinski definition) is 1. The van der Waals surface area contributed by atoms with E-state index >= 15 is 0 Å². The van der Waals surface area contributed by atoms with Crippen molar-refractivity contribution >= 4 is 45.1 Å². The van der Waals surface area contributed by atoms with E-state index in [0.29, 0.717) is 0 Å². The summed E-state index contributed by atoms with van der Waals surface area (Å²) in [5, 5.41) is 8.51. The van der Waals surface area contributed by atoms with Crippen LogP contribution in [0.1, 0.15) is 23.5 Å². The number of halogens is 1. The molecule has 5 rings (SSSR count). The summed E-state index contributed by atoms with van der Waals surface area (Å²) in [5.41, 5.74) is 4.05. The highest BCUT2D eigenvalue weighted by atomic mass is 127. The van der Waals surface area contributed by atoms with Crippen LogP contribution in [0.4, 0.5) is 5.69 Å². The first-order valence-electron chi connectivity index (χ1n) is 7.64. The molecular weight excluding hydrogens is 401 g/mol. The van der Waals surface area contributed by atoms with Crippen LogP contribution in [-0.2, 0) is 10.2 Å². The summed E-state index contributed by atoms with van der Waals surface area (Å²) in [6.07, 6.45) is 0.889. The molecule has 2 atom stereocenters. The second kappa shape index (κ2) is 4.35. The van der Waals surface area contributed by atoms with Gasteiger partial charge in [0.1, 0.15) is 3.70 Å². The van der Waals surface area contributed by atoms with Crippen molar-refractivity contribution in [2.75, 3.05) is 11.9 Å². The number of aromatic amines is 1. The quantitative estimate of drug-likeness (QED) is 0.618. The number of likely N-dealkylation sites (N-methyl/N-ethyl adjacent to an activating group) is 1. The van der Waals surface area contributed by atoms with Crippen LogP contribution in [0, 0.1) is 3.70 Å². The number of aromatic nitrogens is 2. The van der Waals surface area contributed by atoms with Gasteiger partial charge in [0.15, 0.2) is 0 Å². The first-order chi connectivity index (χ1) is 11.1. The predicted octanol–water partition coefficient (Wildman–Crippen LogP) is 3.57. The molecule has 1 aromatic heterocycles. The number of carbonyl (C=O) groups is 1. The van der Waals surface area contributed by atoms with Gasteiger partial charge in [-0.25, -0.2) is 0 Å². The number of rotatable bonds is 1. The van der Waals surface area contributed by atoms with Crippen molar-refractivity contribution in [3.05, 3.63) is 57.3 Å². The van der Waals surface area contributed by atoms with Gasteiger partial charge in [-0.3, -0.25) is 9.89 Å². The molecule has 0 radical (unpaired) electrons. The van der Waals surface area contributed by atoms with Gasteiger partial charge in [-0.1, -0.05) is 24.3 Å². The number of H-pyrrole nitrogens is 1. The average molecular weight is 415 g/mol. The number of carbonyl (C=O) groups excluding carboxylic acids is 1. The minimum Gasteiger partial charge on any atom is -0.314 e. The van der Waals surface area contributed by atoms with Crippen LogP contribution in [0.5, 0.6) is 0 Å². The molecule has 1 spiro atoms. The third-order valence-corrected chi connectivity index (χ3v) is 6.15. The van der Waals surface area contributed by atoms with E-state index in [9.17, 15) is 4.79 Å². The number of nitrogens with one attached hydrogen (secondary N) is 1. The molecule has 1 unspecified atom stereocenters. The molecule has 1 saturated carbocycles. The topological polar surface area (TPSA) is 49.0 Å². The normalized spacial score (nSPS) is 25.4. The molecule has 0 bridgehead atoms. The van der Waals surface area contributed by atoms with Gasteiger partial charge in [0.2, 0.25) is 5.91 Å². The van der Waals surface area contributed by atoms with E-state index in [-0.39, 0.29) is 17.2 Å². The minimum atomic E-state index is -0.359. The Bertz CT molecular complexity index is 979. The monoisotopic (exact) mass is 415 g/mol. The standard InChI is InChI=1S/C18H14IN3O/c1-22-15-5-3-2-4-12(15)18(17(22)23)9-13(18)10-6-7-11-14(8-10)20-21-16(11)19/h2-8,13H,9H2,1H3,(H,20,21)/t13?,18-/m0/s1. The van der Waals surface area contributed by atoms with Crippen molar-refractivity contribution in [3.63, 3.8) is 0 Å². The molecule has 114 valence electrons. The number of anilines is 1. The van der Waals surface area contributed by atoms with Gasteiger partial charge in [0, 0.05) is 24.0 Å².